The lowest BCUT2D eigenvalue weighted by atomic mass is 10.0. The Morgan fingerprint density at radius 2 is 1.90 bits per heavy atom. The van der Waals surface area contributed by atoms with Gasteiger partial charge in [0.25, 0.3) is 0 Å². The highest BCUT2D eigenvalue weighted by atomic mass is 32.2. The first kappa shape index (κ1) is 16.3. The average Bonchev–Trinajstić information content (AvgIpc) is 2.80. The minimum atomic E-state index is -3.51. The van der Waals surface area contributed by atoms with Gasteiger partial charge in [-0.2, -0.15) is 4.31 Å². The van der Waals surface area contributed by atoms with E-state index in [1.165, 1.54) is 7.11 Å². The van der Waals surface area contributed by atoms with E-state index >= 15 is 0 Å². The summed E-state index contributed by atoms with van der Waals surface area (Å²) in [6.07, 6.45) is 0. The van der Waals surface area contributed by atoms with Gasteiger partial charge in [-0.1, -0.05) is 19.9 Å². The summed E-state index contributed by atoms with van der Waals surface area (Å²) in [5, 5.41) is 3.03. The molecule has 1 aliphatic heterocycles. The van der Waals surface area contributed by atoms with E-state index in [1.54, 1.807) is 16.4 Å². The van der Waals surface area contributed by atoms with Crippen molar-refractivity contribution in [3.8, 4) is 5.75 Å². The molecule has 5 nitrogen and oxygen atoms in total. The quantitative estimate of drug-likeness (QED) is 0.899. The van der Waals surface area contributed by atoms with Crippen LogP contribution >= 0.6 is 0 Å². The Hall–Kier alpha value is -1.11. The molecule has 1 saturated heterocycles. The zero-order valence-electron chi connectivity index (χ0n) is 13.1. The number of benzene rings is 1. The summed E-state index contributed by atoms with van der Waals surface area (Å²) in [4.78, 5) is 0.263. The van der Waals surface area contributed by atoms with E-state index < -0.39 is 10.0 Å². The maximum absolute atomic E-state index is 12.9. The molecule has 0 aromatic heterocycles. The van der Waals surface area contributed by atoms with Gasteiger partial charge in [0.1, 0.15) is 10.6 Å². The van der Waals surface area contributed by atoms with Crippen molar-refractivity contribution in [3.05, 3.63) is 23.8 Å². The van der Waals surface area contributed by atoms with Gasteiger partial charge >= 0.3 is 0 Å². The van der Waals surface area contributed by atoms with Crippen LogP contribution in [-0.4, -0.2) is 40.0 Å². The molecule has 2 unspecified atom stereocenters. The number of hydrogen-bond acceptors (Lipinski definition) is 4. The smallest absolute Gasteiger partial charge is 0.246 e. The van der Waals surface area contributed by atoms with Gasteiger partial charge in [-0.05, 0) is 36.6 Å². The Kier molecular flexibility index (Phi) is 4.91. The third-order valence-corrected chi connectivity index (χ3v) is 6.03. The monoisotopic (exact) mass is 312 g/mol. The fraction of sp³-hybridized carbons (Fsp3) is 0.600. The zero-order chi connectivity index (χ0) is 15.6. The second kappa shape index (κ2) is 6.34. The highest BCUT2D eigenvalue weighted by Crippen LogP contribution is 2.32. The van der Waals surface area contributed by atoms with E-state index in [0.29, 0.717) is 37.2 Å². The lowest BCUT2D eigenvalue weighted by molar-refractivity contribution is 0.397. The molecule has 2 atom stereocenters. The van der Waals surface area contributed by atoms with Crippen molar-refractivity contribution in [2.45, 2.75) is 25.3 Å². The standard InChI is InChI=1S/C15H24N2O3S/c1-11-9-17(10-12(11)2)21(18,19)15-7-13(8-16-3)5-6-14(15)20-4/h5-7,11-12,16H,8-10H2,1-4H3. The lowest BCUT2D eigenvalue weighted by Crippen LogP contribution is -2.29. The molecule has 1 heterocycles. The lowest BCUT2D eigenvalue weighted by Gasteiger charge is -2.19. The highest BCUT2D eigenvalue weighted by molar-refractivity contribution is 7.89. The van der Waals surface area contributed by atoms with Crippen molar-refractivity contribution >= 4 is 10.0 Å². The molecule has 1 fully saturated rings. The summed E-state index contributed by atoms with van der Waals surface area (Å²) in [5.74, 6) is 1.17. The highest BCUT2D eigenvalue weighted by Gasteiger charge is 2.36. The average molecular weight is 312 g/mol. The SMILES string of the molecule is CNCc1ccc(OC)c(S(=O)(=O)N2CC(C)C(C)C2)c1. The summed E-state index contributed by atoms with van der Waals surface area (Å²) in [6, 6.07) is 5.31. The molecule has 0 radical (unpaired) electrons. The number of nitrogens with zero attached hydrogens (tertiary/aromatic N) is 1. The van der Waals surface area contributed by atoms with Gasteiger partial charge in [-0.15, -0.1) is 0 Å². The minimum absolute atomic E-state index is 0.263. The second-order valence-corrected chi connectivity index (χ2v) is 7.70. The molecule has 0 bridgehead atoms. The maximum atomic E-state index is 12.9. The van der Waals surface area contributed by atoms with E-state index in [1.807, 2.05) is 13.1 Å². The van der Waals surface area contributed by atoms with Gasteiger partial charge < -0.3 is 10.1 Å². The summed E-state index contributed by atoms with van der Waals surface area (Å²) >= 11 is 0. The Morgan fingerprint density at radius 3 is 2.43 bits per heavy atom. The summed E-state index contributed by atoms with van der Waals surface area (Å²) < 4.78 is 32.6. The molecule has 6 heteroatoms. The minimum Gasteiger partial charge on any atom is -0.495 e. The Labute approximate surface area is 127 Å². The number of rotatable bonds is 5. The zero-order valence-corrected chi connectivity index (χ0v) is 13.9. The van der Waals surface area contributed by atoms with Gasteiger partial charge in [0.05, 0.1) is 7.11 Å². The van der Waals surface area contributed by atoms with Gasteiger partial charge in [-0.3, -0.25) is 0 Å². The molecule has 1 aromatic rings. The predicted molar refractivity (Wildman–Crippen MR) is 82.8 cm³/mol. The first-order valence-corrected chi connectivity index (χ1v) is 8.65. The molecule has 0 amide bonds. The van der Waals surface area contributed by atoms with Crippen LogP contribution in [0.2, 0.25) is 0 Å². The van der Waals surface area contributed by atoms with Crippen LogP contribution in [0.4, 0.5) is 0 Å². The second-order valence-electron chi connectivity index (χ2n) is 5.79. The molecule has 0 saturated carbocycles. The van der Waals surface area contributed by atoms with Crippen LogP contribution in [0.15, 0.2) is 23.1 Å². The van der Waals surface area contributed by atoms with Crippen LogP contribution in [0.5, 0.6) is 5.75 Å². The molecule has 1 N–H and O–H groups in total. The summed E-state index contributed by atoms with van der Waals surface area (Å²) in [5.41, 5.74) is 0.928. The van der Waals surface area contributed by atoms with Crippen molar-refractivity contribution in [3.63, 3.8) is 0 Å². The fourth-order valence-corrected chi connectivity index (χ4v) is 4.50. The molecule has 0 aliphatic carbocycles. The molecule has 0 spiro atoms. The van der Waals surface area contributed by atoms with Crippen molar-refractivity contribution < 1.29 is 13.2 Å². The van der Waals surface area contributed by atoms with Crippen LogP contribution < -0.4 is 10.1 Å². The number of ether oxygens (including phenoxy) is 1. The van der Waals surface area contributed by atoms with Crippen LogP contribution in [-0.2, 0) is 16.6 Å². The number of sulfonamides is 1. The van der Waals surface area contributed by atoms with E-state index in [2.05, 4.69) is 19.2 Å². The van der Waals surface area contributed by atoms with Gasteiger partial charge in [0.15, 0.2) is 0 Å². The molecular formula is C15H24N2O3S. The predicted octanol–water partition coefficient (Wildman–Crippen LogP) is 1.69. The number of methoxy groups -OCH3 is 1. The first-order chi connectivity index (χ1) is 9.90. The van der Waals surface area contributed by atoms with E-state index in [9.17, 15) is 8.42 Å². The number of nitrogens with one attached hydrogen (secondary N) is 1. The largest absolute Gasteiger partial charge is 0.495 e. The number of hydrogen-bond donors (Lipinski definition) is 1. The van der Waals surface area contributed by atoms with Gasteiger partial charge in [-0.25, -0.2) is 8.42 Å². The Bertz CT molecular complexity index is 591. The van der Waals surface area contributed by atoms with Crippen molar-refractivity contribution in [2.24, 2.45) is 11.8 Å². The molecule has 1 aliphatic rings. The molecule has 118 valence electrons. The van der Waals surface area contributed by atoms with Crippen LogP contribution in [0, 0.1) is 11.8 Å². The normalized spacial score (nSPS) is 23.4. The van der Waals surface area contributed by atoms with Gasteiger partial charge in [0.2, 0.25) is 10.0 Å². The Balaban J connectivity index is 2.41. The maximum Gasteiger partial charge on any atom is 0.246 e. The van der Waals surface area contributed by atoms with E-state index in [4.69, 9.17) is 4.74 Å². The molecule has 1 aromatic carbocycles. The van der Waals surface area contributed by atoms with Crippen LogP contribution in [0.3, 0.4) is 0 Å². The van der Waals surface area contributed by atoms with Crippen molar-refractivity contribution in [1.29, 1.82) is 0 Å². The van der Waals surface area contributed by atoms with Crippen molar-refractivity contribution in [1.82, 2.24) is 9.62 Å². The summed E-state index contributed by atoms with van der Waals surface area (Å²) in [7, 11) is -0.171. The van der Waals surface area contributed by atoms with Crippen LogP contribution in [0.25, 0.3) is 0 Å². The molecule has 21 heavy (non-hydrogen) atoms. The summed E-state index contributed by atoms with van der Waals surface area (Å²) in [6.45, 7) is 5.95. The fourth-order valence-electron chi connectivity index (χ4n) is 2.65. The molecular weight excluding hydrogens is 288 g/mol. The van der Waals surface area contributed by atoms with E-state index in [-0.39, 0.29) is 4.90 Å². The topological polar surface area (TPSA) is 58.6 Å². The third kappa shape index (κ3) is 3.22. The molecule has 2 rings (SSSR count). The first-order valence-electron chi connectivity index (χ1n) is 7.21. The third-order valence-electron chi connectivity index (χ3n) is 4.18. The van der Waals surface area contributed by atoms with Gasteiger partial charge in [0, 0.05) is 19.6 Å². The van der Waals surface area contributed by atoms with Crippen LogP contribution in [0.1, 0.15) is 19.4 Å². The van der Waals surface area contributed by atoms with E-state index in [0.717, 1.165) is 5.56 Å². The Morgan fingerprint density at radius 1 is 1.29 bits per heavy atom. The van der Waals surface area contributed by atoms with Crippen molar-refractivity contribution in [2.75, 3.05) is 27.2 Å².